The Balaban J connectivity index is 2.47. The number of carbonyl (C=O) groups is 1. The molecule has 0 bridgehead atoms. The molecule has 1 atom stereocenters. The smallest absolute Gasteiger partial charge is 0.426 e. The topological polar surface area (TPSA) is 69.6 Å². The highest BCUT2D eigenvalue weighted by atomic mass is 16.4. The lowest BCUT2D eigenvalue weighted by Crippen LogP contribution is -2.33. The first kappa shape index (κ1) is 8.28. The Morgan fingerprint density at radius 1 is 1.31 bits per heavy atom. The SMILES string of the molecule is O=C1NC(B(O)O)c2ccccc21. The van der Waals surface area contributed by atoms with E-state index in [0.717, 1.165) is 0 Å². The van der Waals surface area contributed by atoms with Gasteiger partial charge in [-0.2, -0.15) is 0 Å². The molecule has 0 aliphatic carbocycles. The molecule has 0 fully saturated rings. The van der Waals surface area contributed by atoms with Crippen LogP contribution in [0.3, 0.4) is 0 Å². The van der Waals surface area contributed by atoms with E-state index < -0.39 is 13.1 Å². The molecular formula is C8H8BNO3. The van der Waals surface area contributed by atoms with E-state index in [9.17, 15) is 4.79 Å². The number of hydrogen-bond donors (Lipinski definition) is 3. The Bertz CT molecular complexity index is 353. The molecule has 1 unspecified atom stereocenters. The van der Waals surface area contributed by atoms with Crippen molar-refractivity contribution in [2.24, 2.45) is 0 Å². The van der Waals surface area contributed by atoms with Gasteiger partial charge in [-0.05, 0) is 11.6 Å². The first-order chi connectivity index (χ1) is 6.20. The lowest BCUT2D eigenvalue weighted by atomic mass is 9.76. The molecule has 0 saturated heterocycles. The fourth-order valence-electron chi connectivity index (χ4n) is 1.51. The van der Waals surface area contributed by atoms with Crippen molar-refractivity contribution in [3.05, 3.63) is 35.4 Å². The lowest BCUT2D eigenvalue weighted by Gasteiger charge is -2.08. The van der Waals surface area contributed by atoms with Crippen LogP contribution in [0, 0.1) is 0 Å². The normalized spacial score (nSPS) is 19.5. The van der Waals surface area contributed by atoms with E-state index in [0.29, 0.717) is 11.1 Å². The van der Waals surface area contributed by atoms with Gasteiger partial charge in [0.15, 0.2) is 0 Å². The van der Waals surface area contributed by atoms with Gasteiger partial charge >= 0.3 is 7.12 Å². The first-order valence-electron chi connectivity index (χ1n) is 3.96. The Labute approximate surface area is 75.3 Å². The minimum atomic E-state index is -1.55. The molecule has 4 nitrogen and oxygen atoms in total. The third kappa shape index (κ3) is 1.22. The van der Waals surface area contributed by atoms with Gasteiger partial charge in [-0.25, -0.2) is 0 Å². The molecule has 0 radical (unpaired) electrons. The standard InChI is InChI=1S/C8H8BNO3/c11-8-6-4-2-1-3-5(6)7(10-8)9(12)13/h1-4,7,12-13H,(H,10,11). The number of hydrogen-bond acceptors (Lipinski definition) is 3. The maximum atomic E-state index is 11.2. The van der Waals surface area contributed by atoms with Crippen LogP contribution in [0.2, 0.25) is 0 Å². The first-order valence-corrected chi connectivity index (χ1v) is 3.96. The van der Waals surface area contributed by atoms with E-state index in [4.69, 9.17) is 10.0 Å². The summed E-state index contributed by atoms with van der Waals surface area (Å²) < 4.78 is 0. The molecule has 2 rings (SSSR count). The van der Waals surface area contributed by atoms with E-state index in [2.05, 4.69) is 5.32 Å². The third-order valence-corrected chi connectivity index (χ3v) is 2.13. The van der Waals surface area contributed by atoms with Crippen LogP contribution in [-0.2, 0) is 0 Å². The van der Waals surface area contributed by atoms with Gasteiger partial charge in [0.05, 0.1) is 5.94 Å². The number of carbonyl (C=O) groups excluding carboxylic acids is 1. The second-order valence-corrected chi connectivity index (χ2v) is 2.95. The molecule has 3 N–H and O–H groups in total. The number of nitrogens with one attached hydrogen (secondary N) is 1. The average molecular weight is 177 g/mol. The summed E-state index contributed by atoms with van der Waals surface area (Å²) in [4.78, 5) is 11.2. The van der Waals surface area contributed by atoms with Crippen molar-refractivity contribution < 1.29 is 14.8 Å². The Morgan fingerprint density at radius 3 is 2.69 bits per heavy atom. The zero-order valence-corrected chi connectivity index (χ0v) is 6.77. The third-order valence-electron chi connectivity index (χ3n) is 2.13. The largest absolute Gasteiger partial charge is 0.480 e. The maximum Gasteiger partial charge on any atom is 0.480 e. The van der Waals surface area contributed by atoms with Gasteiger partial charge in [-0.1, -0.05) is 18.2 Å². The Kier molecular flexibility index (Phi) is 1.83. The zero-order valence-electron chi connectivity index (χ0n) is 6.77. The number of fused-ring (bicyclic) bond motifs is 1. The van der Waals surface area contributed by atoms with Crippen LogP contribution in [0.15, 0.2) is 24.3 Å². The molecular weight excluding hydrogens is 169 g/mol. The van der Waals surface area contributed by atoms with Crippen molar-refractivity contribution in [1.29, 1.82) is 0 Å². The van der Waals surface area contributed by atoms with Crippen molar-refractivity contribution in [2.45, 2.75) is 5.94 Å². The van der Waals surface area contributed by atoms with E-state index in [1.165, 1.54) is 0 Å². The van der Waals surface area contributed by atoms with Crippen molar-refractivity contribution in [3.63, 3.8) is 0 Å². The van der Waals surface area contributed by atoms with E-state index >= 15 is 0 Å². The molecule has 13 heavy (non-hydrogen) atoms. The Morgan fingerprint density at radius 2 is 2.00 bits per heavy atom. The molecule has 1 aliphatic heterocycles. The van der Waals surface area contributed by atoms with Crippen LogP contribution in [0.25, 0.3) is 0 Å². The zero-order chi connectivity index (χ0) is 9.42. The lowest BCUT2D eigenvalue weighted by molar-refractivity contribution is 0.0959. The quantitative estimate of drug-likeness (QED) is 0.505. The molecule has 1 heterocycles. The van der Waals surface area contributed by atoms with Crippen molar-refractivity contribution in [2.75, 3.05) is 0 Å². The van der Waals surface area contributed by atoms with Gasteiger partial charge in [0.1, 0.15) is 0 Å². The summed E-state index contributed by atoms with van der Waals surface area (Å²) in [5.41, 5.74) is 1.16. The fourth-order valence-corrected chi connectivity index (χ4v) is 1.51. The summed E-state index contributed by atoms with van der Waals surface area (Å²) in [6, 6.07) is 6.86. The highest BCUT2D eigenvalue weighted by Crippen LogP contribution is 2.25. The second-order valence-electron chi connectivity index (χ2n) is 2.95. The molecule has 5 heteroatoms. The van der Waals surface area contributed by atoms with Crippen molar-refractivity contribution in [1.82, 2.24) is 5.32 Å². The molecule has 1 aromatic carbocycles. The summed E-state index contributed by atoms with van der Waals surface area (Å²) in [7, 11) is -1.55. The van der Waals surface area contributed by atoms with Gasteiger partial charge in [-0.15, -0.1) is 0 Å². The van der Waals surface area contributed by atoms with Crippen LogP contribution < -0.4 is 5.32 Å². The number of benzene rings is 1. The van der Waals surface area contributed by atoms with E-state index in [1.807, 2.05) is 0 Å². The minimum Gasteiger partial charge on any atom is -0.426 e. The van der Waals surface area contributed by atoms with Crippen LogP contribution >= 0.6 is 0 Å². The van der Waals surface area contributed by atoms with Crippen molar-refractivity contribution >= 4 is 13.0 Å². The molecule has 1 amide bonds. The highest BCUT2D eigenvalue weighted by Gasteiger charge is 2.35. The highest BCUT2D eigenvalue weighted by molar-refractivity contribution is 6.44. The number of amides is 1. The van der Waals surface area contributed by atoms with Gasteiger partial charge in [-0.3, -0.25) is 4.79 Å². The van der Waals surface area contributed by atoms with Gasteiger partial charge < -0.3 is 15.4 Å². The van der Waals surface area contributed by atoms with Crippen LogP contribution in [0.5, 0.6) is 0 Å². The predicted molar refractivity (Wildman–Crippen MR) is 46.8 cm³/mol. The van der Waals surface area contributed by atoms with Gasteiger partial charge in [0.2, 0.25) is 0 Å². The van der Waals surface area contributed by atoms with E-state index in [1.54, 1.807) is 24.3 Å². The monoisotopic (exact) mass is 177 g/mol. The molecule has 66 valence electrons. The van der Waals surface area contributed by atoms with Crippen molar-refractivity contribution in [3.8, 4) is 0 Å². The predicted octanol–water partition coefficient (Wildman–Crippen LogP) is -0.517. The van der Waals surface area contributed by atoms with Crippen LogP contribution in [0.4, 0.5) is 0 Å². The van der Waals surface area contributed by atoms with E-state index in [-0.39, 0.29) is 5.91 Å². The summed E-state index contributed by atoms with van der Waals surface area (Å²) in [5.74, 6) is -0.947. The molecule has 1 aliphatic rings. The molecule has 0 spiro atoms. The summed E-state index contributed by atoms with van der Waals surface area (Å²) in [6.45, 7) is 0. The summed E-state index contributed by atoms with van der Waals surface area (Å²) in [5, 5.41) is 20.4. The minimum absolute atomic E-state index is 0.256. The molecule has 0 saturated carbocycles. The van der Waals surface area contributed by atoms with Gasteiger partial charge in [0, 0.05) is 5.56 Å². The summed E-state index contributed by atoms with van der Waals surface area (Å²) in [6.07, 6.45) is 0. The second kappa shape index (κ2) is 2.87. The summed E-state index contributed by atoms with van der Waals surface area (Å²) >= 11 is 0. The molecule has 1 aromatic rings. The fraction of sp³-hybridized carbons (Fsp3) is 0.125. The average Bonchev–Trinajstić information content (AvgIpc) is 2.45. The maximum absolute atomic E-state index is 11.2. The van der Waals surface area contributed by atoms with Crippen LogP contribution in [0.1, 0.15) is 21.9 Å². The Hall–Kier alpha value is -1.33. The van der Waals surface area contributed by atoms with Crippen LogP contribution in [-0.4, -0.2) is 23.1 Å². The number of rotatable bonds is 1. The molecule has 0 aromatic heterocycles. The van der Waals surface area contributed by atoms with Gasteiger partial charge in [0.25, 0.3) is 5.91 Å².